The Morgan fingerprint density at radius 3 is 2.92 bits per heavy atom. The van der Waals surface area contributed by atoms with Gasteiger partial charge in [-0.15, -0.1) is 11.3 Å². The number of nitrogens with two attached hydrogens (primary N) is 1. The Labute approximate surface area is 80.2 Å². The lowest BCUT2D eigenvalue weighted by molar-refractivity contribution is 0.144. The highest BCUT2D eigenvalue weighted by atomic mass is 35.5. The third-order valence-electron chi connectivity index (χ3n) is 1.63. The molecule has 0 aliphatic carbocycles. The molecule has 0 radical (unpaired) electrons. The van der Waals surface area contributed by atoms with Crippen LogP contribution in [0.2, 0.25) is 4.34 Å². The molecule has 3 nitrogen and oxygen atoms in total. The van der Waals surface area contributed by atoms with Crippen molar-refractivity contribution in [2.45, 2.75) is 25.5 Å². The first kappa shape index (κ1) is 9.92. The molecule has 68 valence electrons. The van der Waals surface area contributed by atoms with Crippen molar-refractivity contribution in [2.24, 2.45) is 5.73 Å². The number of aliphatic hydroxyl groups is 1. The summed E-state index contributed by atoms with van der Waals surface area (Å²) in [5.41, 5.74) is 5.63. The predicted molar refractivity (Wildman–Crippen MR) is 50.4 cm³/mol. The number of hydrogen-bond acceptors (Lipinski definition) is 4. The summed E-state index contributed by atoms with van der Waals surface area (Å²) in [5, 5.41) is 10.2. The van der Waals surface area contributed by atoms with Crippen LogP contribution in [0.4, 0.5) is 0 Å². The van der Waals surface area contributed by atoms with Gasteiger partial charge in [0.15, 0.2) is 0 Å². The second kappa shape index (κ2) is 4.18. The van der Waals surface area contributed by atoms with Crippen LogP contribution in [0.1, 0.15) is 24.5 Å². The predicted octanol–water partition coefficient (Wildman–Crippen LogP) is 1.57. The minimum atomic E-state index is -0.688. The molecule has 2 atom stereocenters. The van der Waals surface area contributed by atoms with Gasteiger partial charge in [-0.25, -0.2) is 4.98 Å². The molecule has 0 fully saturated rings. The van der Waals surface area contributed by atoms with Crippen molar-refractivity contribution >= 4 is 22.9 Å². The number of hydrogen-bond donors (Lipinski definition) is 2. The summed E-state index contributed by atoms with van der Waals surface area (Å²) in [7, 11) is 0. The Balaban J connectivity index is 2.70. The van der Waals surface area contributed by atoms with E-state index in [2.05, 4.69) is 4.98 Å². The monoisotopic (exact) mass is 206 g/mol. The maximum Gasteiger partial charge on any atom is 0.124 e. The number of nitrogens with zero attached hydrogens (tertiary/aromatic N) is 1. The van der Waals surface area contributed by atoms with Crippen LogP contribution in [0.3, 0.4) is 0 Å². The average Bonchev–Trinajstić information content (AvgIpc) is 2.49. The maximum atomic E-state index is 9.57. The normalized spacial score (nSPS) is 16.0. The van der Waals surface area contributed by atoms with Gasteiger partial charge in [-0.05, 0) is 6.42 Å². The van der Waals surface area contributed by atoms with Crippen molar-refractivity contribution in [2.75, 3.05) is 0 Å². The Kier molecular flexibility index (Phi) is 3.46. The summed E-state index contributed by atoms with van der Waals surface area (Å²) < 4.78 is 0.576. The number of rotatable bonds is 3. The smallest absolute Gasteiger partial charge is 0.124 e. The molecular weight excluding hydrogens is 196 g/mol. The molecule has 2 unspecified atom stereocenters. The standard InChI is InChI=1S/C7H11ClN2OS/c1-2-4(9)6(11)7-10-3-5(8)12-7/h3-4,6,11H,2,9H2,1H3. The van der Waals surface area contributed by atoms with E-state index in [1.807, 2.05) is 6.92 Å². The fourth-order valence-electron chi connectivity index (χ4n) is 0.810. The van der Waals surface area contributed by atoms with E-state index >= 15 is 0 Å². The van der Waals surface area contributed by atoms with E-state index in [9.17, 15) is 5.11 Å². The van der Waals surface area contributed by atoms with Gasteiger partial charge in [0.25, 0.3) is 0 Å². The molecule has 0 saturated carbocycles. The topological polar surface area (TPSA) is 59.1 Å². The minimum absolute atomic E-state index is 0.257. The molecule has 1 heterocycles. The van der Waals surface area contributed by atoms with E-state index < -0.39 is 6.10 Å². The molecule has 0 spiro atoms. The number of aliphatic hydroxyl groups excluding tert-OH is 1. The van der Waals surface area contributed by atoms with E-state index in [1.54, 1.807) is 0 Å². The maximum absolute atomic E-state index is 9.57. The van der Waals surface area contributed by atoms with Crippen LogP contribution >= 0.6 is 22.9 Å². The van der Waals surface area contributed by atoms with Crippen molar-refractivity contribution in [3.05, 3.63) is 15.5 Å². The molecule has 12 heavy (non-hydrogen) atoms. The van der Waals surface area contributed by atoms with Crippen LogP contribution < -0.4 is 5.73 Å². The van der Waals surface area contributed by atoms with Crippen LogP contribution in [0.25, 0.3) is 0 Å². The highest BCUT2D eigenvalue weighted by molar-refractivity contribution is 7.15. The van der Waals surface area contributed by atoms with Gasteiger partial charge in [-0.2, -0.15) is 0 Å². The summed E-state index contributed by atoms with van der Waals surface area (Å²) in [5.74, 6) is 0. The second-order valence-electron chi connectivity index (χ2n) is 2.52. The zero-order valence-electron chi connectivity index (χ0n) is 6.70. The van der Waals surface area contributed by atoms with Gasteiger partial charge in [0.05, 0.1) is 6.20 Å². The van der Waals surface area contributed by atoms with Gasteiger partial charge in [0, 0.05) is 6.04 Å². The van der Waals surface area contributed by atoms with Crippen molar-refractivity contribution in [1.82, 2.24) is 4.98 Å². The SMILES string of the molecule is CCC(N)C(O)c1ncc(Cl)s1. The zero-order valence-corrected chi connectivity index (χ0v) is 8.27. The van der Waals surface area contributed by atoms with Crippen molar-refractivity contribution in [3.8, 4) is 0 Å². The average molecular weight is 207 g/mol. The molecule has 0 aromatic carbocycles. The summed E-state index contributed by atoms with van der Waals surface area (Å²) in [6, 6.07) is -0.257. The molecule has 1 aromatic heterocycles. The number of aromatic nitrogens is 1. The fourth-order valence-corrected chi connectivity index (χ4v) is 1.80. The van der Waals surface area contributed by atoms with E-state index in [-0.39, 0.29) is 6.04 Å². The lowest BCUT2D eigenvalue weighted by Crippen LogP contribution is -2.27. The lowest BCUT2D eigenvalue weighted by Gasteiger charge is -2.13. The summed E-state index contributed by atoms with van der Waals surface area (Å²) in [6.45, 7) is 1.92. The minimum Gasteiger partial charge on any atom is -0.384 e. The summed E-state index contributed by atoms with van der Waals surface area (Å²) in [4.78, 5) is 3.94. The van der Waals surface area contributed by atoms with Crippen LogP contribution in [0.15, 0.2) is 6.20 Å². The van der Waals surface area contributed by atoms with Crippen molar-refractivity contribution in [3.63, 3.8) is 0 Å². The Morgan fingerprint density at radius 2 is 2.50 bits per heavy atom. The molecule has 3 N–H and O–H groups in total. The first-order valence-electron chi connectivity index (χ1n) is 3.70. The first-order chi connectivity index (χ1) is 5.65. The number of thiazole rings is 1. The van der Waals surface area contributed by atoms with Crippen LogP contribution in [-0.4, -0.2) is 16.1 Å². The molecule has 1 aromatic rings. The van der Waals surface area contributed by atoms with Gasteiger partial charge < -0.3 is 10.8 Å². The zero-order chi connectivity index (χ0) is 9.14. The van der Waals surface area contributed by atoms with E-state index in [4.69, 9.17) is 17.3 Å². The quantitative estimate of drug-likeness (QED) is 0.790. The van der Waals surface area contributed by atoms with E-state index in [0.717, 1.165) is 6.42 Å². The first-order valence-corrected chi connectivity index (χ1v) is 4.89. The second-order valence-corrected chi connectivity index (χ2v) is 4.21. The third-order valence-corrected chi connectivity index (χ3v) is 2.81. The Bertz CT molecular complexity index is 253. The molecule has 0 bridgehead atoms. The van der Waals surface area contributed by atoms with Crippen LogP contribution in [0.5, 0.6) is 0 Å². The van der Waals surface area contributed by atoms with Gasteiger partial charge in [-0.3, -0.25) is 0 Å². The van der Waals surface area contributed by atoms with Crippen molar-refractivity contribution in [1.29, 1.82) is 0 Å². The highest BCUT2D eigenvalue weighted by Gasteiger charge is 2.18. The highest BCUT2D eigenvalue weighted by Crippen LogP contribution is 2.25. The van der Waals surface area contributed by atoms with Gasteiger partial charge in [0.1, 0.15) is 15.4 Å². The van der Waals surface area contributed by atoms with E-state index in [0.29, 0.717) is 9.34 Å². The lowest BCUT2D eigenvalue weighted by atomic mass is 10.1. The fraction of sp³-hybridized carbons (Fsp3) is 0.571. The molecule has 0 amide bonds. The molecule has 0 aliphatic rings. The molecule has 0 aliphatic heterocycles. The van der Waals surface area contributed by atoms with Gasteiger partial charge in [0.2, 0.25) is 0 Å². The molecule has 0 saturated heterocycles. The van der Waals surface area contributed by atoms with Gasteiger partial charge >= 0.3 is 0 Å². The number of halogens is 1. The molecule has 1 rings (SSSR count). The summed E-state index contributed by atoms with van der Waals surface area (Å²) >= 11 is 6.92. The molecule has 5 heteroatoms. The summed E-state index contributed by atoms with van der Waals surface area (Å²) in [6.07, 6.45) is 1.55. The molecular formula is C7H11ClN2OS. The van der Waals surface area contributed by atoms with Crippen LogP contribution in [-0.2, 0) is 0 Å². The Hall–Kier alpha value is -0.160. The third kappa shape index (κ3) is 2.17. The Morgan fingerprint density at radius 1 is 1.83 bits per heavy atom. The van der Waals surface area contributed by atoms with Crippen LogP contribution in [0, 0.1) is 0 Å². The van der Waals surface area contributed by atoms with E-state index in [1.165, 1.54) is 17.5 Å². The van der Waals surface area contributed by atoms with Crippen molar-refractivity contribution < 1.29 is 5.11 Å². The van der Waals surface area contributed by atoms with Gasteiger partial charge in [-0.1, -0.05) is 18.5 Å². The largest absolute Gasteiger partial charge is 0.384 e.